The van der Waals surface area contributed by atoms with Crippen LogP contribution in [0.15, 0.2) is 24.7 Å². The van der Waals surface area contributed by atoms with Gasteiger partial charge in [-0.15, -0.1) is 0 Å². The van der Waals surface area contributed by atoms with Crippen LogP contribution in [-0.4, -0.2) is 29.0 Å². The molecule has 0 saturated heterocycles. The van der Waals surface area contributed by atoms with E-state index in [4.69, 9.17) is 0 Å². The number of aromatic nitrogens is 3. The van der Waals surface area contributed by atoms with Gasteiger partial charge in [-0.3, -0.25) is 4.98 Å². The summed E-state index contributed by atoms with van der Waals surface area (Å²) < 4.78 is 0. The number of hydrogen-bond acceptors (Lipinski definition) is 4. The van der Waals surface area contributed by atoms with Crippen LogP contribution in [0.5, 0.6) is 0 Å². The maximum absolute atomic E-state index is 4.24. The third kappa shape index (κ3) is 1.30. The van der Waals surface area contributed by atoms with Crippen molar-refractivity contribution in [2.75, 3.05) is 19.0 Å². The summed E-state index contributed by atoms with van der Waals surface area (Å²) in [4.78, 5) is 14.4. The van der Waals surface area contributed by atoms with Crippen molar-refractivity contribution in [2.45, 2.75) is 0 Å². The van der Waals surface area contributed by atoms with Gasteiger partial charge in [0.2, 0.25) is 0 Å². The van der Waals surface area contributed by atoms with Crippen LogP contribution in [0.1, 0.15) is 0 Å². The molecule has 0 saturated carbocycles. The number of pyridine rings is 1. The van der Waals surface area contributed by atoms with Gasteiger partial charge in [-0.05, 0) is 12.1 Å². The van der Waals surface area contributed by atoms with Gasteiger partial charge in [-0.2, -0.15) is 0 Å². The van der Waals surface area contributed by atoms with Crippen LogP contribution >= 0.6 is 0 Å². The van der Waals surface area contributed by atoms with E-state index in [0.29, 0.717) is 0 Å². The van der Waals surface area contributed by atoms with E-state index >= 15 is 0 Å². The third-order valence-electron chi connectivity index (χ3n) is 1.80. The number of anilines is 1. The van der Waals surface area contributed by atoms with Crippen LogP contribution in [0.4, 0.5) is 5.82 Å². The minimum atomic E-state index is 0.843. The summed E-state index contributed by atoms with van der Waals surface area (Å²) in [7, 11) is 3.88. The summed E-state index contributed by atoms with van der Waals surface area (Å²) >= 11 is 0. The summed E-state index contributed by atoms with van der Waals surface area (Å²) in [5.41, 5.74) is 1.72. The Labute approximate surface area is 76.3 Å². The van der Waals surface area contributed by atoms with Gasteiger partial charge < -0.3 is 4.90 Å². The lowest BCUT2D eigenvalue weighted by Gasteiger charge is -2.11. The minimum absolute atomic E-state index is 0.843. The van der Waals surface area contributed by atoms with Crippen molar-refractivity contribution in [1.29, 1.82) is 0 Å². The zero-order chi connectivity index (χ0) is 9.26. The molecule has 0 amide bonds. The maximum Gasteiger partial charge on any atom is 0.158 e. The molecule has 0 aliphatic rings. The van der Waals surface area contributed by atoms with Crippen molar-refractivity contribution >= 4 is 16.9 Å². The highest BCUT2D eigenvalue weighted by Gasteiger charge is 2.04. The predicted molar refractivity (Wildman–Crippen MR) is 51.7 cm³/mol. The summed E-state index contributed by atoms with van der Waals surface area (Å²) in [5.74, 6) is 0.852. The molecule has 66 valence electrons. The minimum Gasteiger partial charge on any atom is -0.361 e. The Morgan fingerprint density at radius 2 is 2.00 bits per heavy atom. The molecule has 13 heavy (non-hydrogen) atoms. The number of fused-ring (bicyclic) bond motifs is 1. The number of nitrogens with zero attached hydrogens (tertiary/aromatic N) is 4. The summed E-state index contributed by atoms with van der Waals surface area (Å²) in [5, 5.41) is 0. The van der Waals surface area contributed by atoms with Crippen molar-refractivity contribution < 1.29 is 0 Å². The second-order valence-electron chi connectivity index (χ2n) is 2.96. The van der Waals surface area contributed by atoms with Crippen molar-refractivity contribution in [3.63, 3.8) is 0 Å². The van der Waals surface area contributed by atoms with Crippen molar-refractivity contribution in [1.82, 2.24) is 15.0 Å². The second-order valence-corrected chi connectivity index (χ2v) is 2.96. The van der Waals surface area contributed by atoms with Crippen LogP contribution in [0.25, 0.3) is 11.0 Å². The van der Waals surface area contributed by atoms with E-state index in [-0.39, 0.29) is 0 Å². The Morgan fingerprint density at radius 3 is 2.77 bits per heavy atom. The van der Waals surface area contributed by atoms with Crippen molar-refractivity contribution in [3.05, 3.63) is 24.7 Å². The molecule has 4 nitrogen and oxygen atoms in total. The Hall–Kier alpha value is -1.71. The monoisotopic (exact) mass is 174 g/mol. The molecule has 0 N–H and O–H groups in total. The van der Waals surface area contributed by atoms with E-state index < -0.39 is 0 Å². The first-order chi connectivity index (χ1) is 6.29. The molecule has 2 rings (SSSR count). The first kappa shape index (κ1) is 7.91. The Kier molecular flexibility index (Phi) is 1.81. The molecule has 0 atom stereocenters. The summed E-state index contributed by atoms with van der Waals surface area (Å²) in [6, 6.07) is 3.80. The zero-order valence-corrected chi connectivity index (χ0v) is 7.60. The van der Waals surface area contributed by atoms with E-state index in [1.165, 1.54) is 0 Å². The standard InChI is InChI=1S/C9H10N4/c1-13(2)9-8-7(11-6-12-9)4-3-5-10-8/h3-6H,1-2H3. The molecule has 2 heterocycles. The highest BCUT2D eigenvalue weighted by molar-refractivity contribution is 5.84. The molecule has 0 radical (unpaired) electrons. The third-order valence-corrected chi connectivity index (χ3v) is 1.80. The molecule has 0 bridgehead atoms. The quantitative estimate of drug-likeness (QED) is 0.649. The molecule has 2 aromatic heterocycles. The average Bonchev–Trinajstić information content (AvgIpc) is 2.17. The lowest BCUT2D eigenvalue weighted by atomic mass is 10.3. The second kappa shape index (κ2) is 2.97. The van der Waals surface area contributed by atoms with Gasteiger partial charge in [0.05, 0.1) is 5.52 Å². The number of rotatable bonds is 1. The maximum atomic E-state index is 4.24. The molecule has 0 fully saturated rings. The van der Waals surface area contributed by atoms with Crippen LogP contribution in [0, 0.1) is 0 Å². The Bertz CT molecular complexity index is 419. The van der Waals surface area contributed by atoms with Crippen molar-refractivity contribution in [2.24, 2.45) is 0 Å². The largest absolute Gasteiger partial charge is 0.361 e. The van der Waals surface area contributed by atoms with E-state index in [1.54, 1.807) is 12.5 Å². The molecule has 4 heteroatoms. The fourth-order valence-electron chi connectivity index (χ4n) is 1.21. The lowest BCUT2D eigenvalue weighted by Crippen LogP contribution is -2.11. The van der Waals surface area contributed by atoms with E-state index in [0.717, 1.165) is 16.9 Å². The van der Waals surface area contributed by atoms with E-state index in [1.807, 2.05) is 31.1 Å². The van der Waals surface area contributed by atoms with Crippen LogP contribution < -0.4 is 4.90 Å². The first-order valence-corrected chi connectivity index (χ1v) is 4.02. The predicted octanol–water partition coefficient (Wildman–Crippen LogP) is 1.09. The van der Waals surface area contributed by atoms with Gasteiger partial charge in [-0.1, -0.05) is 0 Å². The molecule has 0 aromatic carbocycles. The van der Waals surface area contributed by atoms with Gasteiger partial charge in [-0.25, -0.2) is 9.97 Å². The fourth-order valence-corrected chi connectivity index (χ4v) is 1.21. The van der Waals surface area contributed by atoms with Crippen LogP contribution in [0.2, 0.25) is 0 Å². The van der Waals surface area contributed by atoms with Gasteiger partial charge in [0.15, 0.2) is 5.82 Å². The first-order valence-electron chi connectivity index (χ1n) is 4.02. The SMILES string of the molecule is CN(C)c1ncnc2cccnc12. The zero-order valence-electron chi connectivity index (χ0n) is 7.60. The van der Waals surface area contributed by atoms with Gasteiger partial charge in [0.1, 0.15) is 11.8 Å². The summed E-state index contributed by atoms with van der Waals surface area (Å²) in [6.45, 7) is 0. The van der Waals surface area contributed by atoms with Gasteiger partial charge >= 0.3 is 0 Å². The normalized spacial score (nSPS) is 10.3. The van der Waals surface area contributed by atoms with E-state index in [9.17, 15) is 0 Å². The summed E-state index contributed by atoms with van der Waals surface area (Å²) in [6.07, 6.45) is 3.30. The molecule has 0 spiro atoms. The average molecular weight is 174 g/mol. The molecular weight excluding hydrogens is 164 g/mol. The highest BCUT2D eigenvalue weighted by Crippen LogP contribution is 2.17. The number of hydrogen-bond donors (Lipinski definition) is 0. The topological polar surface area (TPSA) is 41.9 Å². The van der Waals surface area contributed by atoms with E-state index in [2.05, 4.69) is 15.0 Å². The van der Waals surface area contributed by atoms with Crippen LogP contribution in [-0.2, 0) is 0 Å². The molecular formula is C9H10N4. The Morgan fingerprint density at radius 1 is 1.15 bits per heavy atom. The fraction of sp³-hybridized carbons (Fsp3) is 0.222. The van der Waals surface area contributed by atoms with Gasteiger partial charge in [0, 0.05) is 20.3 Å². The van der Waals surface area contributed by atoms with Gasteiger partial charge in [0.25, 0.3) is 0 Å². The van der Waals surface area contributed by atoms with Crippen molar-refractivity contribution in [3.8, 4) is 0 Å². The van der Waals surface area contributed by atoms with Crippen LogP contribution in [0.3, 0.4) is 0 Å². The smallest absolute Gasteiger partial charge is 0.158 e. The Balaban J connectivity index is 2.76. The molecule has 0 aliphatic heterocycles. The molecule has 0 aliphatic carbocycles. The molecule has 0 unspecified atom stereocenters. The molecule has 2 aromatic rings. The highest BCUT2D eigenvalue weighted by atomic mass is 15.2. The lowest BCUT2D eigenvalue weighted by molar-refractivity contribution is 1.05.